The van der Waals surface area contributed by atoms with E-state index in [9.17, 15) is 14.0 Å². The Balaban J connectivity index is 1.77. The molecule has 3 rings (SSSR count). The first-order valence-electron chi connectivity index (χ1n) is 7.15. The van der Waals surface area contributed by atoms with Crippen LogP contribution in [0.4, 0.5) is 4.39 Å². The van der Waals surface area contributed by atoms with Crippen LogP contribution in [0.5, 0.6) is 0 Å². The number of halogens is 1. The summed E-state index contributed by atoms with van der Waals surface area (Å²) in [5.41, 5.74) is 1.19. The summed E-state index contributed by atoms with van der Waals surface area (Å²) in [5.74, 6) is -0.600. The lowest BCUT2D eigenvalue weighted by atomic mass is 10.1. The molecule has 1 aromatic heterocycles. The first-order chi connectivity index (χ1) is 11.1. The average Bonchev–Trinajstić information content (AvgIpc) is 2.54. The molecule has 0 atom stereocenters. The van der Waals surface area contributed by atoms with Crippen molar-refractivity contribution in [1.82, 2.24) is 5.32 Å². The summed E-state index contributed by atoms with van der Waals surface area (Å²) in [6.45, 7) is 0.136. The fourth-order valence-electron chi connectivity index (χ4n) is 2.38. The van der Waals surface area contributed by atoms with Crippen molar-refractivity contribution in [2.75, 3.05) is 0 Å². The fraction of sp³-hybridized carbons (Fsp3) is 0.111. The Bertz CT molecular complexity index is 903. The molecule has 0 saturated heterocycles. The second-order valence-corrected chi connectivity index (χ2v) is 5.17. The number of carbonyl (C=O) groups is 1. The van der Waals surface area contributed by atoms with Crippen molar-refractivity contribution in [3.05, 3.63) is 82.0 Å². The number of carbonyl (C=O) groups excluding carboxylic acids is 1. The molecule has 0 aliphatic heterocycles. The molecular formula is C18H14FNO3. The van der Waals surface area contributed by atoms with Gasteiger partial charge in [0.15, 0.2) is 0 Å². The number of nitrogens with one attached hydrogen (secondary N) is 1. The Morgan fingerprint density at radius 3 is 2.65 bits per heavy atom. The molecule has 0 aliphatic rings. The van der Waals surface area contributed by atoms with Crippen molar-refractivity contribution < 1.29 is 13.6 Å². The van der Waals surface area contributed by atoms with Gasteiger partial charge in [0.2, 0.25) is 5.91 Å². The number of hydrogen-bond donors (Lipinski definition) is 1. The van der Waals surface area contributed by atoms with Crippen molar-refractivity contribution in [3.63, 3.8) is 0 Å². The van der Waals surface area contributed by atoms with Crippen LogP contribution in [0, 0.1) is 5.82 Å². The van der Waals surface area contributed by atoms with Crippen LogP contribution in [0.15, 0.2) is 63.8 Å². The lowest BCUT2D eigenvalue weighted by Gasteiger charge is -2.08. The standard InChI is InChI=1S/C18H14FNO3/c19-14-6-7-16-15(10-14)13(9-18(22)23-16)11-20-17(21)8-12-4-2-1-3-5-12/h1-7,9-10H,8,11H2,(H,20,21). The molecule has 1 N–H and O–H groups in total. The zero-order valence-electron chi connectivity index (χ0n) is 12.2. The molecule has 3 aromatic rings. The van der Waals surface area contributed by atoms with Crippen molar-refractivity contribution in [2.45, 2.75) is 13.0 Å². The summed E-state index contributed by atoms with van der Waals surface area (Å²) in [4.78, 5) is 23.5. The third-order valence-electron chi connectivity index (χ3n) is 3.47. The van der Waals surface area contributed by atoms with E-state index >= 15 is 0 Å². The molecular weight excluding hydrogens is 297 g/mol. The van der Waals surface area contributed by atoms with Gasteiger partial charge in [-0.15, -0.1) is 0 Å². The van der Waals surface area contributed by atoms with Crippen LogP contribution in [0.3, 0.4) is 0 Å². The van der Waals surface area contributed by atoms with E-state index in [4.69, 9.17) is 4.42 Å². The number of rotatable bonds is 4. The van der Waals surface area contributed by atoms with Gasteiger partial charge in [-0.25, -0.2) is 9.18 Å². The van der Waals surface area contributed by atoms with Crippen LogP contribution in [-0.2, 0) is 17.8 Å². The Hall–Kier alpha value is -2.95. The Morgan fingerprint density at radius 1 is 1.09 bits per heavy atom. The van der Waals surface area contributed by atoms with Crippen molar-refractivity contribution in [2.24, 2.45) is 0 Å². The molecule has 1 amide bonds. The minimum Gasteiger partial charge on any atom is -0.423 e. The van der Waals surface area contributed by atoms with Crippen molar-refractivity contribution >= 4 is 16.9 Å². The molecule has 0 radical (unpaired) electrons. The average molecular weight is 311 g/mol. The largest absolute Gasteiger partial charge is 0.423 e. The molecule has 1 heterocycles. The summed E-state index contributed by atoms with van der Waals surface area (Å²) >= 11 is 0. The monoisotopic (exact) mass is 311 g/mol. The maximum atomic E-state index is 13.4. The highest BCUT2D eigenvalue weighted by Crippen LogP contribution is 2.18. The summed E-state index contributed by atoms with van der Waals surface area (Å²) in [7, 11) is 0. The van der Waals surface area contributed by atoms with E-state index in [1.165, 1.54) is 24.3 Å². The molecule has 23 heavy (non-hydrogen) atoms. The molecule has 0 fully saturated rings. The van der Waals surface area contributed by atoms with Gasteiger partial charge in [0.05, 0.1) is 6.42 Å². The van der Waals surface area contributed by atoms with Gasteiger partial charge in [-0.1, -0.05) is 30.3 Å². The zero-order chi connectivity index (χ0) is 16.2. The molecule has 4 nitrogen and oxygen atoms in total. The van der Waals surface area contributed by atoms with Gasteiger partial charge in [0, 0.05) is 18.0 Å². The van der Waals surface area contributed by atoms with Crippen LogP contribution in [0.25, 0.3) is 11.0 Å². The van der Waals surface area contributed by atoms with Gasteiger partial charge in [-0.2, -0.15) is 0 Å². The number of amides is 1. The third kappa shape index (κ3) is 3.63. The lowest BCUT2D eigenvalue weighted by Crippen LogP contribution is -2.25. The van der Waals surface area contributed by atoms with E-state index in [-0.39, 0.29) is 18.9 Å². The number of fused-ring (bicyclic) bond motifs is 1. The minimum absolute atomic E-state index is 0.136. The van der Waals surface area contributed by atoms with Gasteiger partial charge in [-0.3, -0.25) is 4.79 Å². The van der Waals surface area contributed by atoms with Gasteiger partial charge < -0.3 is 9.73 Å². The van der Waals surface area contributed by atoms with Crippen LogP contribution in [0.2, 0.25) is 0 Å². The highest BCUT2D eigenvalue weighted by molar-refractivity contribution is 5.82. The first kappa shape index (κ1) is 15.0. The second kappa shape index (κ2) is 6.44. The Labute approximate surface area is 131 Å². The van der Waals surface area contributed by atoms with Crippen LogP contribution >= 0.6 is 0 Å². The van der Waals surface area contributed by atoms with Crippen LogP contribution in [-0.4, -0.2) is 5.91 Å². The Kier molecular flexibility index (Phi) is 4.19. The van der Waals surface area contributed by atoms with Gasteiger partial charge in [0.1, 0.15) is 11.4 Å². The molecule has 116 valence electrons. The van der Waals surface area contributed by atoms with E-state index in [1.807, 2.05) is 30.3 Å². The van der Waals surface area contributed by atoms with E-state index in [1.54, 1.807) is 0 Å². The Morgan fingerprint density at radius 2 is 1.87 bits per heavy atom. The molecule has 0 saturated carbocycles. The number of benzene rings is 2. The lowest BCUT2D eigenvalue weighted by molar-refractivity contribution is -0.120. The highest BCUT2D eigenvalue weighted by atomic mass is 19.1. The summed E-state index contributed by atoms with van der Waals surface area (Å²) in [6, 6.07) is 14.5. The maximum Gasteiger partial charge on any atom is 0.336 e. The van der Waals surface area contributed by atoms with Crippen LogP contribution < -0.4 is 10.9 Å². The molecule has 0 bridgehead atoms. The maximum absolute atomic E-state index is 13.4. The van der Waals surface area contributed by atoms with E-state index in [2.05, 4.69) is 5.32 Å². The summed E-state index contributed by atoms with van der Waals surface area (Å²) < 4.78 is 18.4. The van der Waals surface area contributed by atoms with E-state index in [0.717, 1.165) is 5.56 Å². The molecule has 5 heteroatoms. The molecule has 2 aromatic carbocycles. The van der Waals surface area contributed by atoms with E-state index < -0.39 is 11.4 Å². The fourth-order valence-corrected chi connectivity index (χ4v) is 2.38. The van der Waals surface area contributed by atoms with Crippen LogP contribution in [0.1, 0.15) is 11.1 Å². The number of hydrogen-bond acceptors (Lipinski definition) is 3. The van der Waals surface area contributed by atoms with E-state index in [0.29, 0.717) is 16.5 Å². The summed E-state index contributed by atoms with van der Waals surface area (Å²) in [5, 5.41) is 3.22. The third-order valence-corrected chi connectivity index (χ3v) is 3.47. The molecule has 0 unspecified atom stereocenters. The van der Waals surface area contributed by atoms with Gasteiger partial charge in [-0.05, 0) is 29.3 Å². The van der Waals surface area contributed by atoms with Crippen molar-refractivity contribution in [1.29, 1.82) is 0 Å². The van der Waals surface area contributed by atoms with Gasteiger partial charge >= 0.3 is 5.63 Å². The minimum atomic E-state index is -0.531. The molecule has 0 spiro atoms. The first-order valence-corrected chi connectivity index (χ1v) is 7.15. The smallest absolute Gasteiger partial charge is 0.336 e. The zero-order valence-corrected chi connectivity index (χ0v) is 12.2. The summed E-state index contributed by atoms with van der Waals surface area (Å²) in [6.07, 6.45) is 0.245. The van der Waals surface area contributed by atoms with Crippen molar-refractivity contribution in [3.8, 4) is 0 Å². The quantitative estimate of drug-likeness (QED) is 0.754. The highest BCUT2D eigenvalue weighted by Gasteiger charge is 2.09. The molecule has 0 aliphatic carbocycles. The normalized spacial score (nSPS) is 10.7. The topological polar surface area (TPSA) is 59.3 Å². The predicted octanol–water partition coefficient (Wildman–Crippen LogP) is 2.79. The SMILES string of the molecule is O=C(Cc1ccccc1)NCc1cc(=O)oc2ccc(F)cc12. The van der Waals surface area contributed by atoms with Gasteiger partial charge in [0.25, 0.3) is 0 Å². The second-order valence-electron chi connectivity index (χ2n) is 5.17. The predicted molar refractivity (Wildman–Crippen MR) is 84.4 cm³/mol.